The molecular weight excluding hydrogens is 378 g/mol. The number of nitrogens with zero attached hydrogens (tertiary/aromatic N) is 4. The predicted octanol–water partition coefficient (Wildman–Crippen LogP) is 3.81. The van der Waals surface area contributed by atoms with Crippen LogP contribution in [0.1, 0.15) is 55.7 Å². The van der Waals surface area contributed by atoms with E-state index in [0.717, 1.165) is 49.2 Å². The molecule has 1 amide bonds. The summed E-state index contributed by atoms with van der Waals surface area (Å²) in [5, 5.41) is 3.15. The van der Waals surface area contributed by atoms with Gasteiger partial charge in [0.25, 0.3) is 5.91 Å². The number of ether oxygens (including phenoxy) is 1. The Kier molecular flexibility index (Phi) is 6.08. The molecule has 1 N–H and O–H groups in total. The summed E-state index contributed by atoms with van der Waals surface area (Å²) < 4.78 is 7.81. The number of nitrogens with one attached hydrogen (secondary N) is 1. The van der Waals surface area contributed by atoms with Gasteiger partial charge in [0.1, 0.15) is 6.33 Å². The minimum absolute atomic E-state index is 0.149. The number of rotatable bonds is 6. The Morgan fingerprint density at radius 2 is 2.10 bits per heavy atom. The molecule has 1 fully saturated rings. The van der Waals surface area contributed by atoms with Crippen molar-refractivity contribution >= 4 is 11.6 Å². The highest BCUT2D eigenvalue weighted by atomic mass is 16.5. The number of carbonyl (C=O) groups is 1. The summed E-state index contributed by atoms with van der Waals surface area (Å²) in [6, 6.07) is 5.96. The van der Waals surface area contributed by atoms with E-state index in [4.69, 9.17) is 9.72 Å². The lowest BCUT2D eigenvalue weighted by atomic mass is 9.93. The van der Waals surface area contributed by atoms with Crippen LogP contribution in [0.4, 0.5) is 0 Å². The minimum atomic E-state index is -0.167. The lowest BCUT2D eigenvalue weighted by Gasteiger charge is -2.29. The van der Waals surface area contributed by atoms with E-state index in [1.165, 1.54) is 0 Å². The molecule has 4 rings (SSSR count). The first-order valence-corrected chi connectivity index (χ1v) is 10.7. The van der Waals surface area contributed by atoms with Crippen molar-refractivity contribution in [2.75, 3.05) is 6.61 Å². The topological polar surface area (TPSA) is 81.4 Å². The Bertz CT molecular complexity index is 1010. The number of fused-ring (bicyclic) bond motifs is 1. The Morgan fingerprint density at radius 3 is 2.80 bits per heavy atom. The van der Waals surface area contributed by atoms with Gasteiger partial charge in [0.2, 0.25) is 0 Å². The second-order valence-corrected chi connectivity index (χ2v) is 8.49. The number of aromatic nitrogens is 4. The van der Waals surface area contributed by atoms with E-state index in [9.17, 15) is 4.79 Å². The molecule has 1 aliphatic carbocycles. The van der Waals surface area contributed by atoms with Crippen LogP contribution >= 0.6 is 0 Å². The fourth-order valence-electron chi connectivity index (χ4n) is 3.90. The van der Waals surface area contributed by atoms with Gasteiger partial charge in [-0.3, -0.25) is 14.2 Å². The molecule has 0 aliphatic heterocycles. The molecule has 1 saturated carbocycles. The summed E-state index contributed by atoms with van der Waals surface area (Å²) in [6.45, 7) is 7.11. The first kappa shape index (κ1) is 20.5. The fraction of sp³-hybridized carbons (Fsp3) is 0.478. The number of aryl methyl sites for hydroxylation is 1. The van der Waals surface area contributed by atoms with E-state index in [-0.39, 0.29) is 11.9 Å². The molecule has 30 heavy (non-hydrogen) atoms. The van der Waals surface area contributed by atoms with E-state index in [1.807, 2.05) is 29.5 Å². The zero-order valence-corrected chi connectivity index (χ0v) is 17.8. The molecule has 0 aromatic carbocycles. The lowest BCUT2D eigenvalue weighted by molar-refractivity contribution is 0.00858. The maximum absolute atomic E-state index is 13.0. The summed E-state index contributed by atoms with van der Waals surface area (Å²) in [7, 11) is 0. The zero-order chi connectivity index (χ0) is 21.1. The van der Waals surface area contributed by atoms with Crippen molar-refractivity contribution in [3.8, 4) is 11.3 Å². The standard InChI is InChI=1S/C23H29N5O2/c1-15(2)13-30-19-8-6-18(7-9-19)26-23(29)21-22-27-20(17-5-4-10-24-12-17)11-16(3)28(22)14-25-21/h4-5,10-12,14-15,18-19H,6-9,13H2,1-3H3,(H,26,29)/t18-,19-. The van der Waals surface area contributed by atoms with Crippen LogP contribution in [0.15, 0.2) is 36.9 Å². The van der Waals surface area contributed by atoms with Crippen LogP contribution in [-0.2, 0) is 4.74 Å². The van der Waals surface area contributed by atoms with Crippen molar-refractivity contribution < 1.29 is 9.53 Å². The van der Waals surface area contributed by atoms with Crippen molar-refractivity contribution in [1.29, 1.82) is 0 Å². The second kappa shape index (κ2) is 8.92. The van der Waals surface area contributed by atoms with Crippen LogP contribution in [0.2, 0.25) is 0 Å². The SMILES string of the molecule is Cc1cc(-c2cccnc2)nc2c(C(=O)N[C@H]3CC[C@H](OCC(C)C)CC3)ncn12. The number of pyridine rings is 1. The Hall–Kier alpha value is -2.80. The van der Waals surface area contributed by atoms with Crippen LogP contribution in [0, 0.1) is 12.8 Å². The average Bonchev–Trinajstić information content (AvgIpc) is 3.18. The van der Waals surface area contributed by atoms with Crippen molar-refractivity contribution in [3.63, 3.8) is 0 Å². The summed E-state index contributed by atoms with van der Waals surface area (Å²) in [5.74, 6) is 0.378. The lowest BCUT2D eigenvalue weighted by Crippen LogP contribution is -2.39. The van der Waals surface area contributed by atoms with Crippen molar-refractivity contribution in [1.82, 2.24) is 24.7 Å². The van der Waals surface area contributed by atoms with Gasteiger partial charge in [0.05, 0.1) is 11.8 Å². The first-order chi connectivity index (χ1) is 14.5. The number of amides is 1. The van der Waals surface area contributed by atoms with Gasteiger partial charge >= 0.3 is 0 Å². The van der Waals surface area contributed by atoms with Crippen molar-refractivity contribution in [3.05, 3.63) is 48.3 Å². The van der Waals surface area contributed by atoms with E-state index >= 15 is 0 Å². The first-order valence-electron chi connectivity index (χ1n) is 10.7. The van der Waals surface area contributed by atoms with Crippen LogP contribution in [0.25, 0.3) is 16.9 Å². The van der Waals surface area contributed by atoms with E-state index in [2.05, 4.69) is 29.1 Å². The maximum Gasteiger partial charge on any atom is 0.274 e. The molecule has 0 spiro atoms. The molecular formula is C23H29N5O2. The molecule has 0 bridgehead atoms. The summed E-state index contributed by atoms with van der Waals surface area (Å²) in [5.41, 5.74) is 3.59. The smallest absolute Gasteiger partial charge is 0.274 e. The van der Waals surface area contributed by atoms with Gasteiger partial charge < -0.3 is 10.1 Å². The highest BCUT2D eigenvalue weighted by Crippen LogP contribution is 2.23. The number of hydrogen-bond donors (Lipinski definition) is 1. The Labute approximate surface area is 176 Å². The van der Waals surface area contributed by atoms with Gasteiger partial charge in [-0.25, -0.2) is 9.97 Å². The number of carbonyl (C=O) groups excluding carboxylic acids is 1. The normalized spacial score (nSPS) is 19.3. The molecule has 0 saturated heterocycles. The molecule has 0 unspecified atom stereocenters. The summed E-state index contributed by atoms with van der Waals surface area (Å²) in [4.78, 5) is 26.2. The van der Waals surface area contributed by atoms with Gasteiger partial charge in [0.15, 0.2) is 11.3 Å². The van der Waals surface area contributed by atoms with Gasteiger partial charge in [-0.1, -0.05) is 13.8 Å². The van der Waals surface area contributed by atoms with Crippen molar-refractivity contribution in [2.24, 2.45) is 5.92 Å². The highest BCUT2D eigenvalue weighted by molar-refractivity contribution is 5.98. The molecule has 0 atom stereocenters. The molecule has 3 aromatic rings. The average molecular weight is 408 g/mol. The van der Waals surface area contributed by atoms with Gasteiger partial charge in [-0.2, -0.15) is 0 Å². The molecule has 7 nitrogen and oxygen atoms in total. The second-order valence-electron chi connectivity index (χ2n) is 8.49. The molecule has 158 valence electrons. The monoisotopic (exact) mass is 407 g/mol. The fourth-order valence-corrected chi connectivity index (χ4v) is 3.90. The van der Waals surface area contributed by atoms with E-state index in [1.54, 1.807) is 18.7 Å². The summed E-state index contributed by atoms with van der Waals surface area (Å²) in [6.07, 6.45) is 9.27. The van der Waals surface area contributed by atoms with Crippen LogP contribution < -0.4 is 5.32 Å². The zero-order valence-electron chi connectivity index (χ0n) is 17.8. The van der Waals surface area contributed by atoms with Crippen LogP contribution in [0.3, 0.4) is 0 Å². The minimum Gasteiger partial charge on any atom is -0.378 e. The predicted molar refractivity (Wildman–Crippen MR) is 115 cm³/mol. The van der Waals surface area contributed by atoms with Gasteiger partial charge in [0, 0.05) is 36.3 Å². The largest absolute Gasteiger partial charge is 0.378 e. The van der Waals surface area contributed by atoms with Gasteiger partial charge in [-0.05, 0) is 56.7 Å². The number of hydrogen-bond acceptors (Lipinski definition) is 5. The van der Waals surface area contributed by atoms with Gasteiger partial charge in [-0.15, -0.1) is 0 Å². The maximum atomic E-state index is 13.0. The third kappa shape index (κ3) is 4.51. The Morgan fingerprint density at radius 1 is 1.30 bits per heavy atom. The highest BCUT2D eigenvalue weighted by Gasteiger charge is 2.25. The third-order valence-corrected chi connectivity index (χ3v) is 5.54. The van der Waals surface area contributed by atoms with Crippen LogP contribution in [0.5, 0.6) is 0 Å². The molecule has 1 aliphatic rings. The molecule has 0 radical (unpaired) electrons. The molecule has 3 heterocycles. The van der Waals surface area contributed by atoms with E-state index in [0.29, 0.717) is 23.4 Å². The Balaban J connectivity index is 1.47. The molecule has 7 heteroatoms. The van der Waals surface area contributed by atoms with E-state index < -0.39 is 0 Å². The number of imidazole rings is 1. The summed E-state index contributed by atoms with van der Waals surface area (Å²) >= 11 is 0. The third-order valence-electron chi connectivity index (χ3n) is 5.54. The molecule has 3 aromatic heterocycles. The van der Waals surface area contributed by atoms with Crippen LogP contribution in [-0.4, -0.2) is 44.0 Å². The quantitative estimate of drug-likeness (QED) is 0.672. The van der Waals surface area contributed by atoms with Crippen molar-refractivity contribution in [2.45, 2.75) is 58.6 Å².